The molecule has 9 heteroatoms. The molecule has 0 aliphatic carbocycles. The van der Waals surface area contributed by atoms with Crippen LogP contribution in [0.25, 0.3) is 11.3 Å². The zero-order valence-corrected chi connectivity index (χ0v) is 11.3. The van der Waals surface area contributed by atoms with E-state index < -0.39 is 0 Å². The van der Waals surface area contributed by atoms with Crippen LogP contribution in [-0.4, -0.2) is 24.5 Å². The topological polar surface area (TPSA) is 103 Å². The zero-order chi connectivity index (χ0) is 13.2. The molecular weight excluding hydrogens is 282 g/mol. The third-order valence-corrected chi connectivity index (χ3v) is 3.74. The van der Waals surface area contributed by atoms with Crippen molar-refractivity contribution in [2.45, 2.75) is 6.92 Å². The first-order chi connectivity index (χ1) is 9.26. The van der Waals surface area contributed by atoms with E-state index in [0.29, 0.717) is 21.7 Å². The molecular formula is C10H7N7S2. The maximum atomic E-state index is 9.13. The van der Waals surface area contributed by atoms with Crippen molar-refractivity contribution < 1.29 is 0 Å². The van der Waals surface area contributed by atoms with Crippen LogP contribution in [0.5, 0.6) is 0 Å². The zero-order valence-electron chi connectivity index (χ0n) is 9.71. The molecule has 3 aromatic rings. The molecule has 0 unspecified atom stereocenters. The van der Waals surface area contributed by atoms with Gasteiger partial charge in [0.15, 0.2) is 5.13 Å². The number of nitriles is 1. The van der Waals surface area contributed by atoms with Crippen LogP contribution in [0, 0.1) is 18.3 Å². The second-order valence-corrected chi connectivity index (χ2v) is 5.51. The van der Waals surface area contributed by atoms with E-state index in [9.17, 15) is 0 Å². The van der Waals surface area contributed by atoms with Gasteiger partial charge in [-0.25, -0.2) is 9.97 Å². The van der Waals surface area contributed by atoms with Gasteiger partial charge in [0.1, 0.15) is 21.6 Å². The minimum Gasteiger partial charge on any atom is -0.299 e. The van der Waals surface area contributed by atoms with Crippen molar-refractivity contribution in [3.8, 4) is 17.3 Å². The van der Waals surface area contributed by atoms with Crippen LogP contribution in [0.3, 0.4) is 0 Å². The van der Waals surface area contributed by atoms with Gasteiger partial charge in [0, 0.05) is 11.8 Å². The number of aromatic nitrogens is 5. The lowest BCUT2D eigenvalue weighted by molar-refractivity contribution is 1.09. The summed E-state index contributed by atoms with van der Waals surface area (Å²) in [5, 5.41) is 20.1. The number of rotatable bonds is 3. The monoisotopic (exact) mass is 289 g/mol. The number of hydrogen-bond donors (Lipinski definition) is 2. The number of thiazole rings is 1. The average Bonchev–Trinajstić information content (AvgIpc) is 3.10. The molecule has 3 heterocycles. The molecule has 0 fully saturated rings. The van der Waals surface area contributed by atoms with Crippen molar-refractivity contribution in [3.05, 3.63) is 22.3 Å². The summed E-state index contributed by atoms with van der Waals surface area (Å²) in [6.45, 7) is 1.88. The van der Waals surface area contributed by atoms with E-state index >= 15 is 0 Å². The van der Waals surface area contributed by atoms with Crippen LogP contribution < -0.4 is 5.32 Å². The Morgan fingerprint density at radius 1 is 1.42 bits per heavy atom. The maximum Gasteiger partial charge on any atom is 0.241 e. The maximum absolute atomic E-state index is 9.13. The van der Waals surface area contributed by atoms with Gasteiger partial charge in [0.05, 0.1) is 6.20 Å². The van der Waals surface area contributed by atoms with E-state index in [1.165, 1.54) is 22.9 Å². The normalized spacial score (nSPS) is 10.3. The van der Waals surface area contributed by atoms with Crippen LogP contribution in [0.1, 0.15) is 9.88 Å². The number of anilines is 2. The highest BCUT2D eigenvalue weighted by Gasteiger charge is 2.14. The summed E-state index contributed by atoms with van der Waals surface area (Å²) in [6.07, 6.45) is 3.33. The molecule has 0 aromatic carbocycles. The van der Waals surface area contributed by atoms with Crippen LogP contribution in [-0.2, 0) is 0 Å². The van der Waals surface area contributed by atoms with Crippen molar-refractivity contribution in [2.75, 3.05) is 5.32 Å². The highest BCUT2D eigenvalue weighted by molar-refractivity contribution is 7.16. The summed E-state index contributed by atoms with van der Waals surface area (Å²) in [5.41, 5.74) is 1.39. The molecule has 3 rings (SSSR count). The molecule has 0 bridgehead atoms. The lowest BCUT2D eigenvalue weighted by Crippen LogP contribution is -1.91. The second-order valence-electron chi connectivity index (χ2n) is 3.56. The number of aryl methyl sites for hydroxylation is 1. The smallest absolute Gasteiger partial charge is 0.241 e. The first-order valence-corrected chi connectivity index (χ1v) is 6.82. The van der Waals surface area contributed by atoms with E-state index in [0.717, 1.165) is 10.6 Å². The number of aromatic amines is 1. The first-order valence-electron chi connectivity index (χ1n) is 5.23. The molecule has 3 aromatic heterocycles. The van der Waals surface area contributed by atoms with Crippen LogP contribution in [0.15, 0.2) is 12.4 Å². The molecule has 0 aliphatic rings. The second kappa shape index (κ2) is 4.75. The Balaban J connectivity index is 1.94. The molecule has 94 valence electrons. The number of nitrogens with zero attached hydrogens (tertiary/aromatic N) is 5. The van der Waals surface area contributed by atoms with Gasteiger partial charge in [0.2, 0.25) is 5.95 Å². The minimum absolute atomic E-state index is 0.500. The molecule has 0 atom stereocenters. The third kappa shape index (κ3) is 2.31. The van der Waals surface area contributed by atoms with E-state index in [4.69, 9.17) is 5.26 Å². The van der Waals surface area contributed by atoms with Gasteiger partial charge in [0.25, 0.3) is 0 Å². The molecule has 0 saturated heterocycles. The summed E-state index contributed by atoms with van der Waals surface area (Å²) >= 11 is 2.57. The average molecular weight is 289 g/mol. The predicted molar refractivity (Wildman–Crippen MR) is 72.3 cm³/mol. The standard InChI is InChI=1S/C10H7N7S2/c1-5-14-9(17-19-5)16-10-15-8(7(2-11)18-10)6-3-12-13-4-6/h3-4H,1H3,(H,12,13)(H,15,16,17). The molecule has 19 heavy (non-hydrogen) atoms. The highest BCUT2D eigenvalue weighted by atomic mass is 32.1. The fourth-order valence-electron chi connectivity index (χ4n) is 1.47. The van der Waals surface area contributed by atoms with Gasteiger partial charge in [-0.3, -0.25) is 10.4 Å². The van der Waals surface area contributed by atoms with Crippen LogP contribution in [0.2, 0.25) is 0 Å². The Morgan fingerprint density at radius 2 is 2.32 bits per heavy atom. The van der Waals surface area contributed by atoms with E-state index in [2.05, 4.69) is 35.9 Å². The summed E-state index contributed by atoms with van der Waals surface area (Å²) in [4.78, 5) is 9.10. The number of H-pyrrole nitrogens is 1. The lowest BCUT2D eigenvalue weighted by Gasteiger charge is -1.93. The fraction of sp³-hybridized carbons (Fsp3) is 0.100. The Morgan fingerprint density at radius 3 is 2.95 bits per heavy atom. The highest BCUT2D eigenvalue weighted by Crippen LogP contribution is 2.31. The Hall–Kier alpha value is -2.31. The van der Waals surface area contributed by atoms with Gasteiger partial charge in [-0.15, -0.1) is 0 Å². The Bertz CT molecular complexity index is 734. The lowest BCUT2D eigenvalue weighted by atomic mass is 10.2. The van der Waals surface area contributed by atoms with E-state index in [-0.39, 0.29) is 0 Å². The summed E-state index contributed by atoms with van der Waals surface area (Å²) in [6, 6.07) is 2.13. The summed E-state index contributed by atoms with van der Waals surface area (Å²) in [5.74, 6) is 0.500. The largest absolute Gasteiger partial charge is 0.299 e. The first kappa shape index (κ1) is 11.8. The molecule has 2 N–H and O–H groups in total. The molecule has 0 aliphatic heterocycles. The number of hydrogen-bond acceptors (Lipinski definition) is 8. The van der Waals surface area contributed by atoms with Crippen molar-refractivity contribution in [3.63, 3.8) is 0 Å². The Kier molecular flexibility index (Phi) is 2.94. The van der Waals surface area contributed by atoms with E-state index in [1.807, 2.05) is 6.92 Å². The fourth-order valence-corrected chi connectivity index (χ4v) is 2.68. The van der Waals surface area contributed by atoms with Crippen LogP contribution >= 0.6 is 22.9 Å². The van der Waals surface area contributed by atoms with Gasteiger partial charge in [-0.2, -0.15) is 14.7 Å². The van der Waals surface area contributed by atoms with Crippen molar-refractivity contribution in [2.24, 2.45) is 0 Å². The quantitative estimate of drug-likeness (QED) is 0.767. The van der Waals surface area contributed by atoms with Gasteiger partial charge in [-0.1, -0.05) is 11.3 Å². The predicted octanol–water partition coefficient (Wildman–Crippen LogP) is 2.31. The minimum atomic E-state index is 0.500. The molecule has 7 nitrogen and oxygen atoms in total. The van der Waals surface area contributed by atoms with Crippen molar-refractivity contribution in [1.29, 1.82) is 5.26 Å². The van der Waals surface area contributed by atoms with Crippen molar-refractivity contribution >= 4 is 33.9 Å². The van der Waals surface area contributed by atoms with Crippen molar-refractivity contribution in [1.82, 2.24) is 24.5 Å². The van der Waals surface area contributed by atoms with Gasteiger partial charge in [-0.05, 0) is 18.5 Å². The molecule has 0 saturated carbocycles. The third-order valence-electron chi connectivity index (χ3n) is 2.25. The molecule has 0 spiro atoms. The summed E-state index contributed by atoms with van der Waals surface area (Å²) in [7, 11) is 0. The SMILES string of the molecule is Cc1nc(Nc2nc(-c3cn[nH]c3)c(C#N)s2)ns1. The van der Waals surface area contributed by atoms with Crippen LogP contribution in [0.4, 0.5) is 11.1 Å². The van der Waals surface area contributed by atoms with Gasteiger partial charge < -0.3 is 0 Å². The van der Waals surface area contributed by atoms with E-state index in [1.54, 1.807) is 12.4 Å². The Labute approximate surface area is 116 Å². The molecule has 0 radical (unpaired) electrons. The molecule has 0 amide bonds. The van der Waals surface area contributed by atoms with Gasteiger partial charge >= 0.3 is 0 Å². The summed E-state index contributed by atoms with van der Waals surface area (Å²) < 4.78 is 4.12. The number of nitrogens with one attached hydrogen (secondary N) is 2.